The maximum absolute atomic E-state index is 12.8. The van der Waals surface area contributed by atoms with E-state index in [-0.39, 0.29) is 57.5 Å². The summed E-state index contributed by atoms with van der Waals surface area (Å²) < 4.78 is 137. The predicted octanol–water partition coefficient (Wildman–Crippen LogP) is 6.50. The molecule has 0 bridgehead atoms. The van der Waals surface area contributed by atoms with Gasteiger partial charge in [0, 0.05) is 43.2 Å². The van der Waals surface area contributed by atoms with Crippen molar-refractivity contribution in [2.45, 2.75) is 61.1 Å². The Hall–Kier alpha value is -6.92. The van der Waals surface area contributed by atoms with Crippen LogP contribution in [-0.4, -0.2) is 108 Å². The molecule has 0 aliphatic rings. The lowest BCUT2D eigenvalue weighted by molar-refractivity contribution is 0.479. The first-order valence-corrected chi connectivity index (χ1v) is 26.7. The van der Waals surface area contributed by atoms with Crippen LogP contribution in [0.25, 0.3) is 12.2 Å². The van der Waals surface area contributed by atoms with Crippen LogP contribution in [0.4, 0.5) is 58.4 Å². The molecule has 0 saturated carbocycles. The molecule has 28 heteroatoms. The van der Waals surface area contributed by atoms with Gasteiger partial charge in [0.15, 0.2) is 0 Å². The molecule has 2 heterocycles. The number of rotatable bonds is 20. The Morgan fingerprint density at radius 1 is 0.443 bits per heavy atom. The minimum absolute atomic E-state index is 0.000324. The normalized spacial score (nSPS) is 12.2. The van der Waals surface area contributed by atoms with E-state index in [2.05, 4.69) is 51.2 Å². The molecule has 0 fully saturated rings. The van der Waals surface area contributed by atoms with Gasteiger partial charge in [-0.15, -0.1) is 0 Å². The number of aromatic nitrogens is 6. The lowest BCUT2D eigenvalue weighted by Crippen LogP contribution is -2.25. The van der Waals surface area contributed by atoms with E-state index in [0.717, 1.165) is 18.2 Å². The molecular weight excluding hydrogens is 993 g/mol. The second-order valence-corrected chi connectivity index (χ2v) is 20.7. The van der Waals surface area contributed by atoms with Gasteiger partial charge >= 0.3 is 0 Å². The molecule has 0 aliphatic carbocycles. The van der Waals surface area contributed by atoms with Gasteiger partial charge in [-0.05, 0) is 118 Å². The number of nitrogens with zero attached hydrogens (tertiary/aromatic N) is 8. The molecule has 24 nitrogen and oxygen atoms in total. The van der Waals surface area contributed by atoms with Crippen LogP contribution in [0.5, 0.6) is 0 Å². The molecular formula is C42H48N12O12S4. The zero-order chi connectivity index (χ0) is 51.3. The Morgan fingerprint density at radius 2 is 0.857 bits per heavy atom. The Bertz CT molecular complexity index is 3450. The van der Waals surface area contributed by atoms with Crippen LogP contribution in [0.2, 0.25) is 0 Å². The molecule has 0 aliphatic heterocycles. The Labute approximate surface area is 404 Å². The summed E-state index contributed by atoms with van der Waals surface area (Å²) in [5, 5.41) is 11.6. The van der Waals surface area contributed by atoms with E-state index < -0.39 is 60.8 Å². The fraction of sp³-hybridized carbons (Fsp3) is 0.238. The Balaban J connectivity index is 1.28. The van der Waals surface area contributed by atoms with Gasteiger partial charge in [0.1, 0.15) is 9.79 Å². The lowest BCUT2D eigenvalue weighted by atomic mass is 10.1. The molecule has 4 aromatic carbocycles. The maximum Gasteiger partial charge on any atom is 0.296 e. The molecule has 0 saturated heterocycles. The van der Waals surface area contributed by atoms with Crippen molar-refractivity contribution in [3.63, 3.8) is 0 Å². The third kappa shape index (κ3) is 13.0. The van der Waals surface area contributed by atoms with E-state index in [0.29, 0.717) is 48.6 Å². The van der Waals surface area contributed by atoms with Gasteiger partial charge in [0.25, 0.3) is 40.5 Å². The van der Waals surface area contributed by atoms with Crippen molar-refractivity contribution in [1.29, 1.82) is 0 Å². The SMILES string of the molecule is CCN(CC)c1nc(Nc2ccc(/C=C/c3ccc(Nc4nc(Nc5cc(S(=O)(=O)O)ccc5S(=O)(=O)O)nc(N(CC)CC)n4)cc3C)c(S(=O)(=O)O)c2)nc(Nc2cc(S(=O)(=O)O)ccc2C)n1. The number of anilines is 10. The van der Waals surface area contributed by atoms with Crippen molar-refractivity contribution < 1.29 is 51.9 Å². The quantitative estimate of drug-likeness (QED) is 0.0299. The zero-order valence-corrected chi connectivity index (χ0v) is 41.4. The topological polar surface area (TPSA) is 349 Å². The fourth-order valence-corrected chi connectivity index (χ4v) is 9.08. The smallest absolute Gasteiger partial charge is 0.296 e. The van der Waals surface area contributed by atoms with Crippen molar-refractivity contribution in [3.05, 3.63) is 95.1 Å². The first-order chi connectivity index (χ1) is 32.8. The molecule has 8 N–H and O–H groups in total. The monoisotopic (exact) mass is 1040 g/mol. The summed E-state index contributed by atoms with van der Waals surface area (Å²) in [5.74, 6) is 0.0803. The molecule has 70 heavy (non-hydrogen) atoms. The Kier molecular flexibility index (Phi) is 15.7. The molecule has 6 rings (SSSR count). The highest BCUT2D eigenvalue weighted by Crippen LogP contribution is 2.31. The average Bonchev–Trinajstić information content (AvgIpc) is 3.26. The molecule has 0 spiro atoms. The summed E-state index contributed by atoms with van der Waals surface area (Å²) in [6.07, 6.45) is 3.12. The minimum Gasteiger partial charge on any atom is -0.341 e. The summed E-state index contributed by atoms with van der Waals surface area (Å²) in [6.45, 7) is 12.9. The highest BCUT2D eigenvalue weighted by molar-refractivity contribution is 7.86. The standard InChI is InChI=1S/C42H48N12O12S4/c1-7-53(8-2)41-50-38(47-39(51-41)45-33-23-31(67(55,56)57)18-11-25(33)5)44-30-17-15-28(36(22-30)70(64,65)66)13-12-27-14-16-29(21-26(27)6)43-37-48-40(52-42(49-37)54(9-3)10-4)46-34-24-32(68(58,59)60)19-20-35(34)69(61,62)63/h11-24H,7-10H2,1-6H3,(H,55,56,57)(H,58,59,60)(H,61,62,63)(H,64,65,66)(H2,43,46,48,49,52)(H2,44,45,47,50,51)/b13-12+. The first kappa shape index (κ1) is 52.5. The zero-order valence-electron chi connectivity index (χ0n) is 38.2. The highest BCUT2D eigenvalue weighted by atomic mass is 32.2. The van der Waals surface area contributed by atoms with E-state index in [9.17, 15) is 51.9 Å². The van der Waals surface area contributed by atoms with E-state index in [4.69, 9.17) is 0 Å². The largest absolute Gasteiger partial charge is 0.341 e. The maximum atomic E-state index is 12.8. The van der Waals surface area contributed by atoms with Gasteiger partial charge in [-0.3, -0.25) is 18.2 Å². The minimum atomic E-state index is -4.90. The summed E-state index contributed by atoms with van der Waals surface area (Å²) in [4.78, 5) is 28.0. The van der Waals surface area contributed by atoms with Gasteiger partial charge in [-0.1, -0.05) is 30.4 Å². The van der Waals surface area contributed by atoms with Crippen LogP contribution < -0.4 is 31.1 Å². The number of aryl methyl sites for hydroxylation is 2. The fourth-order valence-electron chi connectivity index (χ4n) is 6.73. The van der Waals surface area contributed by atoms with Crippen LogP contribution in [-0.2, 0) is 40.5 Å². The van der Waals surface area contributed by atoms with E-state index in [1.54, 1.807) is 49.1 Å². The van der Waals surface area contributed by atoms with Crippen molar-refractivity contribution >= 4 is 111 Å². The van der Waals surface area contributed by atoms with Crippen molar-refractivity contribution in [2.24, 2.45) is 0 Å². The molecule has 0 unspecified atom stereocenters. The number of hydrogen-bond acceptors (Lipinski definition) is 20. The van der Waals surface area contributed by atoms with E-state index >= 15 is 0 Å². The van der Waals surface area contributed by atoms with Gasteiger partial charge in [-0.25, -0.2) is 0 Å². The van der Waals surface area contributed by atoms with Crippen LogP contribution >= 0.6 is 0 Å². The summed E-state index contributed by atoms with van der Waals surface area (Å²) in [7, 11) is -19.0. The van der Waals surface area contributed by atoms with Crippen molar-refractivity contribution in [3.8, 4) is 0 Å². The van der Waals surface area contributed by atoms with Crippen LogP contribution in [0.1, 0.15) is 49.9 Å². The summed E-state index contributed by atoms with van der Waals surface area (Å²) >= 11 is 0. The van der Waals surface area contributed by atoms with Gasteiger partial charge in [0.05, 0.1) is 15.5 Å². The Morgan fingerprint density at radius 3 is 1.31 bits per heavy atom. The van der Waals surface area contributed by atoms with Crippen LogP contribution in [0.3, 0.4) is 0 Å². The van der Waals surface area contributed by atoms with E-state index in [1.807, 2.05) is 32.6 Å². The number of hydrogen-bond donors (Lipinski definition) is 8. The average molecular weight is 1040 g/mol. The number of benzene rings is 4. The van der Waals surface area contributed by atoms with Gasteiger partial charge in [-0.2, -0.15) is 63.6 Å². The third-order valence-corrected chi connectivity index (χ3v) is 13.9. The van der Waals surface area contributed by atoms with Crippen molar-refractivity contribution in [2.75, 3.05) is 57.2 Å². The molecule has 0 radical (unpaired) electrons. The van der Waals surface area contributed by atoms with Gasteiger partial charge < -0.3 is 31.1 Å². The summed E-state index contributed by atoms with van der Waals surface area (Å²) in [5.41, 5.74) is 2.54. The van der Waals surface area contributed by atoms with Crippen LogP contribution in [0.15, 0.2) is 92.4 Å². The molecule has 6 aromatic rings. The lowest BCUT2D eigenvalue weighted by Gasteiger charge is -2.20. The highest BCUT2D eigenvalue weighted by Gasteiger charge is 2.23. The molecule has 372 valence electrons. The molecule has 0 amide bonds. The second kappa shape index (κ2) is 21.0. The molecule has 0 atom stereocenters. The number of nitrogens with one attached hydrogen (secondary N) is 4. The van der Waals surface area contributed by atoms with Crippen molar-refractivity contribution in [1.82, 2.24) is 29.9 Å². The molecule has 2 aromatic heterocycles. The predicted molar refractivity (Wildman–Crippen MR) is 263 cm³/mol. The summed E-state index contributed by atoms with van der Waals surface area (Å²) in [6, 6.07) is 15.7. The van der Waals surface area contributed by atoms with Crippen LogP contribution in [0, 0.1) is 13.8 Å². The second-order valence-electron chi connectivity index (χ2n) is 15.1. The first-order valence-electron chi connectivity index (χ1n) is 21.0. The van der Waals surface area contributed by atoms with E-state index in [1.165, 1.54) is 36.4 Å². The van der Waals surface area contributed by atoms with Gasteiger partial charge in [0.2, 0.25) is 35.7 Å². The third-order valence-electron chi connectivity index (χ3n) is 10.4.